The molecular weight excluding hydrogens is 484 g/mol. The van der Waals surface area contributed by atoms with Crippen LogP contribution in [-0.2, 0) is 14.4 Å². The van der Waals surface area contributed by atoms with Crippen LogP contribution in [0.1, 0.15) is 5.56 Å². The molecule has 2 aromatic rings. The number of nitrogens with zero attached hydrogens (tertiary/aromatic N) is 1. The van der Waals surface area contributed by atoms with E-state index in [0.717, 1.165) is 4.47 Å². The fourth-order valence-electron chi connectivity index (χ4n) is 2.54. The molecule has 0 bridgehead atoms. The zero-order chi connectivity index (χ0) is 21.1. The summed E-state index contributed by atoms with van der Waals surface area (Å²) in [6, 6.07) is 11.4. The number of carboxylic acids is 1. The minimum Gasteiger partial charge on any atom is -0.480 e. The van der Waals surface area contributed by atoms with Crippen LogP contribution in [0, 0.1) is 0 Å². The number of nitrogens with one attached hydrogen (secondary N) is 1. The highest BCUT2D eigenvalue weighted by Crippen LogP contribution is 2.28. The molecular formula is C19H12BrClN2O5S. The van der Waals surface area contributed by atoms with Crippen molar-refractivity contribution in [2.75, 3.05) is 11.5 Å². The Morgan fingerprint density at radius 3 is 2.69 bits per heavy atom. The fraction of sp³-hybridized carbons (Fsp3) is 0.0526. The number of carbonyl (C=O) groups is 3. The number of halogens is 2. The van der Waals surface area contributed by atoms with Crippen LogP contribution in [0.25, 0.3) is 6.08 Å². The molecule has 1 heterocycles. The van der Waals surface area contributed by atoms with Gasteiger partial charge in [-0.1, -0.05) is 39.7 Å². The SMILES string of the molecule is O=C(O)COc1ccc(C=C2C(=O)NC(=S)N(c3cccc(Br)c3)C2=O)cc1Cl. The van der Waals surface area contributed by atoms with Gasteiger partial charge in [-0.05, 0) is 54.2 Å². The molecule has 0 atom stereocenters. The molecule has 10 heteroatoms. The number of hydrogen-bond donors (Lipinski definition) is 2. The maximum atomic E-state index is 13.0. The van der Waals surface area contributed by atoms with Crippen molar-refractivity contribution >= 4 is 74.4 Å². The van der Waals surface area contributed by atoms with Gasteiger partial charge in [-0.3, -0.25) is 19.8 Å². The maximum absolute atomic E-state index is 13.0. The minimum atomic E-state index is -1.14. The Morgan fingerprint density at radius 1 is 1.28 bits per heavy atom. The summed E-state index contributed by atoms with van der Waals surface area (Å²) in [6.45, 7) is -0.542. The molecule has 3 rings (SSSR count). The number of thiocarbonyl (C=S) groups is 1. The first-order valence-electron chi connectivity index (χ1n) is 8.07. The number of anilines is 1. The van der Waals surface area contributed by atoms with Crippen LogP contribution in [-0.4, -0.2) is 34.6 Å². The molecule has 148 valence electrons. The Bertz CT molecular complexity index is 1070. The fourth-order valence-corrected chi connectivity index (χ4v) is 3.45. The van der Waals surface area contributed by atoms with Crippen LogP contribution in [0.2, 0.25) is 5.02 Å². The zero-order valence-electron chi connectivity index (χ0n) is 14.5. The van der Waals surface area contributed by atoms with Crippen LogP contribution in [0.4, 0.5) is 5.69 Å². The van der Waals surface area contributed by atoms with Gasteiger partial charge in [0.2, 0.25) is 0 Å². The van der Waals surface area contributed by atoms with Gasteiger partial charge in [0.15, 0.2) is 11.7 Å². The third-order valence-corrected chi connectivity index (χ3v) is 4.86. The van der Waals surface area contributed by atoms with Crippen molar-refractivity contribution in [1.29, 1.82) is 0 Å². The Kier molecular flexibility index (Phi) is 6.31. The summed E-state index contributed by atoms with van der Waals surface area (Å²) < 4.78 is 5.80. The highest BCUT2D eigenvalue weighted by Gasteiger charge is 2.34. The van der Waals surface area contributed by atoms with Crippen molar-refractivity contribution in [2.24, 2.45) is 0 Å². The van der Waals surface area contributed by atoms with E-state index >= 15 is 0 Å². The average molecular weight is 496 g/mol. The molecule has 1 fully saturated rings. The molecule has 2 amide bonds. The van der Waals surface area contributed by atoms with Gasteiger partial charge in [0.25, 0.3) is 11.8 Å². The number of amides is 2. The smallest absolute Gasteiger partial charge is 0.341 e. The van der Waals surface area contributed by atoms with Crippen LogP contribution in [0.15, 0.2) is 52.5 Å². The van der Waals surface area contributed by atoms with Crippen molar-refractivity contribution in [2.45, 2.75) is 0 Å². The average Bonchev–Trinajstić information content (AvgIpc) is 2.64. The van der Waals surface area contributed by atoms with E-state index in [0.29, 0.717) is 11.3 Å². The highest BCUT2D eigenvalue weighted by atomic mass is 79.9. The van der Waals surface area contributed by atoms with Gasteiger partial charge >= 0.3 is 5.97 Å². The zero-order valence-corrected chi connectivity index (χ0v) is 17.7. The number of rotatable bonds is 5. The van der Waals surface area contributed by atoms with E-state index in [9.17, 15) is 14.4 Å². The lowest BCUT2D eigenvalue weighted by Crippen LogP contribution is -2.54. The topological polar surface area (TPSA) is 95.9 Å². The molecule has 1 aliphatic heterocycles. The predicted molar refractivity (Wildman–Crippen MR) is 115 cm³/mol. The van der Waals surface area contributed by atoms with Gasteiger partial charge in [-0.2, -0.15) is 0 Å². The Hall–Kier alpha value is -2.75. The lowest BCUT2D eigenvalue weighted by molar-refractivity contribution is -0.139. The van der Waals surface area contributed by atoms with Gasteiger partial charge in [0, 0.05) is 4.47 Å². The van der Waals surface area contributed by atoms with Crippen molar-refractivity contribution in [3.05, 3.63) is 63.1 Å². The summed E-state index contributed by atoms with van der Waals surface area (Å²) in [4.78, 5) is 37.1. The Morgan fingerprint density at radius 2 is 2.03 bits per heavy atom. The van der Waals surface area contributed by atoms with Gasteiger partial charge in [0.05, 0.1) is 10.7 Å². The van der Waals surface area contributed by atoms with Crippen LogP contribution in [0.3, 0.4) is 0 Å². The third kappa shape index (κ3) is 4.81. The number of benzene rings is 2. The summed E-state index contributed by atoms with van der Waals surface area (Å²) in [5.41, 5.74) is 0.822. The normalized spacial score (nSPS) is 15.4. The van der Waals surface area contributed by atoms with Crippen molar-refractivity contribution in [3.8, 4) is 5.75 Å². The van der Waals surface area contributed by atoms with E-state index in [4.69, 9.17) is 33.7 Å². The summed E-state index contributed by atoms with van der Waals surface area (Å²) in [6.07, 6.45) is 1.37. The van der Waals surface area contributed by atoms with Crippen molar-refractivity contribution < 1.29 is 24.2 Å². The lowest BCUT2D eigenvalue weighted by Gasteiger charge is -2.29. The molecule has 1 saturated heterocycles. The number of carbonyl (C=O) groups excluding carboxylic acids is 2. The van der Waals surface area contributed by atoms with E-state index < -0.39 is 24.4 Å². The quantitative estimate of drug-likeness (QED) is 0.375. The second-order valence-electron chi connectivity index (χ2n) is 5.81. The van der Waals surface area contributed by atoms with Crippen molar-refractivity contribution in [3.63, 3.8) is 0 Å². The summed E-state index contributed by atoms with van der Waals surface area (Å²) in [5.74, 6) is -2.18. The molecule has 7 nitrogen and oxygen atoms in total. The van der Waals surface area contributed by atoms with Gasteiger partial charge < -0.3 is 9.84 Å². The molecule has 0 unspecified atom stereocenters. The second-order valence-corrected chi connectivity index (χ2v) is 7.52. The van der Waals surface area contributed by atoms with Crippen LogP contribution >= 0.6 is 39.7 Å². The molecule has 2 N–H and O–H groups in total. The van der Waals surface area contributed by atoms with Crippen LogP contribution < -0.4 is 15.0 Å². The minimum absolute atomic E-state index is 0.0225. The van der Waals surface area contributed by atoms with Gasteiger partial charge in [-0.15, -0.1) is 0 Å². The third-order valence-electron chi connectivity index (χ3n) is 3.79. The van der Waals surface area contributed by atoms with Gasteiger partial charge in [-0.25, -0.2) is 4.79 Å². The van der Waals surface area contributed by atoms with Crippen LogP contribution in [0.5, 0.6) is 5.75 Å². The molecule has 0 spiro atoms. The largest absolute Gasteiger partial charge is 0.480 e. The molecule has 29 heavy (non-hydrogen) atoms. The molecule has 0 saturated carbocycles. The van der Waals surface area contributed by atoms with Gasteiger partial charge in [0.1, 0.15) is 11.3 Å². The highest BCUT2D eigenvalue weighted by molar-refractivity contribution is 9.10. The summed E-state index contributed by atoms with van der Waals surface area (Å²) >= 11 is 14.6. The van der Waals surface area contributed by atoms with E-state index in [1.165, 1.54) is 23.1 Å². The van der Waals surface area contributed by atoms with Crippen molar-refractivity contribution in [1.82, 2.24) is 5.32 Å². The summed E-state index contributed by atoms with van der Waals surface area (Å²) in [5, 5.41) is 11.3. The first-order valence-corrected chi connectivity index (χ1v) is 9.65. The van der Waals surface area contributed by atoms with E-state index in [2.05, 4.69) is 21.2 Å². The maximum Gasteiger partial charge on any atom is 0.341 e. The molecule has 0 aliphatic carbocycles. The number of carboxylic acid groups (broad SMARTS) is 1. The molecule has 0 aromatic heterocycles. The molecule has 1 aliphatic rings. The predicted octanol–water partition coefficient (Wildman–Crippen LogP) is 3.40. The summed E-state index contributed by atoms with van der Waals surface area (Å²) in [7, 11) is 0. The lowest BCUT2D eigenvalue weighted by atomic mass is 10.1. The number of aliphatic carboxylic acids is 1. The first kappa shape index (κ1) is 21.0. The molecule has 0 radical (unpaired) electrons. The van der Waals surface area contributed by atoms with E-state index in [-0.39, 0.29) is 21.5 Å². The monoisotopic (exact) mass is 494 g/mol. The molecule has 2 aromatic carbocycles. The first-order chi connectivity index (χ1) is 13.8. The Labute approximate surface area is 184 Å². The second kappa shape index (κ2) is 8.73. The Balaban J connectivity index is 1.92. The number of hydrogen-bond acceptors (Lipinski definition) is 5. The standard InChI is InChI=1S/C19H12BrClN2O5S/c20-11-2-1-3-12(8-11)23-18(27)13(17(26)22-19(23)29)6-10-4-5-15(14(21)7-10)28-9-16(24)25/h1-8H,9H2,(H,24,25)(H,22,26,29). The van der Waals surface area contributed by atoms with E-state index in [1.54, 1.807) is 30.3 Å². The number of ether oxygens (including phenoxy) is 1. The van der Waals surface area contributed by atoms with E-state index in [1.807, 2.05) is 0 Å².